The zero-order valence-electron chi connectivity index (χ0n) is 12.3. The van der Waals surface area contributed by atoms with E-state index in [2.05, 4.69) is 6.07 Å². The van der Waals surface area contributed by atoms with Gasteiger partial charge in [-0.15, -0.1) is 11.6 Å². The molecule has 0 heterocycles. The molecule has 0 bridgehead atoms. The molecule has 0 aromatic heterocycles. The third kappa shape index (κ3) is 4.05. The van der Waals surface area contributed by atoms with Crippen LogP contribution in [0, 0.1) is 6.92 Å². The molecule has 2 aromatic rings. The van der Waals surface area contributed by atoms with Crippen LogP contribution in [-0.2, 0) is 6.42 Å². The number of hydrogen-bond donors (Lipinski definition) is 0. The smallest absolute Gasteiger partial charge is 0.160 e. The molecule has 0 aliphatic carbocycles. The van der Waals surface area contributed by atoms with Crippen LogP contribution in [0.3, 0.4) is 0 Å². The highest BCUT2D eigenvalue weighted by atomic mass is 35.5. The van der Waals surface area contributed by atoms with E-state index in [0.717, 1.165) is 16.7 Å². The van der Waals surface area contributed by atoms with Crippen molar-refractivity contribution in [2.75, 3.05) is 14.2 Å². The molecule has 4 heteroatoms. The molecular formula is C17H18Cl2O2. The quantitative estimate of drug-likeness (QED) is 0.705. The molecule has 0 fully saturated rings. The first-order valence-electron chi connectivity index (χ1n) is 6.65. The van der Waals surface area contributed by atoms with Crippen molar-refractivity contribution in [3.63, 3.8) is 0 Å². The Morgan fingerprint density at radius 2 is 1.71 bits per heavy atom. The first kappa shape index (κ1) is 16.0. The van der Waals surface area contributed by atoms with Crippen molar-refractivity contribution in [1.29, 1.82) is 0 Å². The second-order valence-electron chi connectivity index (χ2n) is 4.92. The first-order chi connectivity index (χ1) is 10.0. The van der Waals surface area contributed by atoms with Crippen LogP contribution in [0.5, 0.6) is 11.5 Å². The van der Waals surface area contributed by atoms with Crippen molar-refractivity contribution in [1.82, 2.24) is 0 Å². The van der Waals surface area contributed by atoms with Crippen molar-refractivity contribution in [3.05, 3.63) is 58.1 Å². The lowest BCUT2D eigenvalue weighted by molar-refractivity contribution is 0.354. The van der Waals surface area contributed by atoms with Gasteiger partial charge in [0, 0.05) is 5.02 Å². The van der Waals surface area contributed by atoms with Crippen molar-refractivity contribution < 1.29 is 9.47 Å². The largest absolute Gasteiger partial charge is 0.493 e. The zero-order valence-corrected chi connectivity index (χ0v) is 13.8. The van der Waals surface area contributed by atoms with Gasteiger partial charge in [-0.1, -0.05) is 23.7 Å². The predicted octanol–water partition coefficient (Wildman–Crippen LogP) is 5.19. The minimum atomic E-state index is -0.138. The summed E-state index contributed by atoms with van der Waals surface area (Å²) in [4.78, 5) is 0. The number of alkyl halides is 1. The molecule has 2 aromatic carbocycles. The van der Waals surface area contributed by atoms with Crippen LogP contribution >= 0.6 is 23.2 Å². The van der Waals surface area contributed by atoms with Gasteiger partial charge in [-0.2, -0.15) is 0 Å². The van der Waals surface area contributed by atoms with Crippen molar-refractivity contribution in [2.45, 2.75) is 18.7 Å². The molecule has 2 rings (SSSR count). The third-order valence-electron chi connectivity index (χ3n) is 3.29. The van der Waals surface area contributed by atoms with Crippen molar-refractivity contribution in [2.24, 2.45) is 0 Å². The van der Waals surface area contributed by atoms with Crippen LogP contribution in [0.2, 0.25) is 5.02 Å². The van der Waals surface area contributed by atoms with Crippen LogP contribution in [0.4, 0.5) is 0 Å². The second kappa shape index (κ2) is 7.06. The number of benzene rings is 2. The van der Waals surface area contributed by atoms with Crippen LogP contribution < -0.4 is 9.47 Å². The van der Waals surface area contributed by atoms with Crippen molar-refractivity contribution >= 4 is 23.2 Å². The van der Waals surface area contributed by atoms with E-state index in [-0.39, 0.29) is 5.38 Å². The van der Waals surface area contributed by atoms with E-state index in [4.69, 9.17) is 32.7 Å². The average molecular weight is 325 g/mol. The van der Waals surface area contributed by atoms with Gasteiger partial charge in [-0.3, -0.25) is 0 Å². The molecule has 0 saturated carbocycles. The lowest BCUT2D eigenvalue weighted by Crippen LogP contribution is -1.98. The average Bonchev–Trinajstić information content (AvgIpc) is 2.46. The van der Waals surface area contributed by atoms with Gasteiger partial charge in [0.2, 0.25) is 0 Å². The Bertz CT molecular complexity index is 606. The maximum absolute atomic E-state index is 6.52. The third-order valence-corrected chi connectivity index (χ3v) is 3.91. The predicted molar refractivity (Wildman–Crippen MR) is 88.0 cm³/mol. The van der Waals surface area contributed by atoms with E-state index >= 15 is 0 Å². The summed E-state index contributed by atoms with van der Waals surface area (Å²) in [7, 11) is 3.25. The summed E-state index contributed by atoms with van der Waals surface area (Å²) in [5.74, 6) is 1.42. The van der Waals surface area contributed by atoms with E-state index in [1.165, 1.54) is 0 Å². The molecule has 0 amide bonds. The lowest BCUT2D eigenvalue weighted by atomic mass is 10.0. The van der Waals surface area contributed by atoms with Gasteiger partial charge in [0.15, 0.2) is 11.5 Å². The summed E-state index contributed by atoms with van der Waals surface area (Å²) in [6, 6.07) is 11.7. The Hall–Kier alpha value is -1.38. The summed E-state index contributed by atoms with van der Waals surface area (Å²) >= 11 is 12.6. The minimum absolute atomic E-state index is 0.138. The monoisotopic (exact) mass is 324 g/mol. The molecule has 0 radical (unpaired) electrons. The normalized spacial score (nSPS) is 12.0. The van der Waals surface area contributed by atoms with Crippen LogP contribution in [0.15, 0.2) is 36.4 Å². The maximum Gasteiger partial charge on any atom is 0.160 e. The molecule has 0 saturated heterocycles. The van der Waals surface area contributed by atoms with Gasteiger partial charge >= 0.3 is 0 Å². The summed E-state index contributed by atoms with van der Waals surface area (Å²) in [5.41, 5.74) is 3.22. The highest BCUT2D eigenvalue weighted by molar-refractivity contribution is 6.31. The molecule has 0 aliphatic rings. The number of hydrogen-bond acceptors (Lipinski definition) is 2. The van der Waals surface area contributed by atoms with Gasteiger partial charge in [0.1, 0.15) is 0 Å². The molecular weight excluding hydrogens is 307 g/mol. The summed E-state index contributed by atoms with van der Waals surface area (Å²) in [6.45, 7) is 2.01. The van der Waals surface area contributed by atoms with Gasteiger partial charge in [0.25, 0.3) is 0 Å². The standard InChI is InChI=1S/C17H18Cl2O2/c1-11-6-13(10-14(18)7-11)15(19)8-12-4-5-16(20-2)17(9-12)21-3/h4-7,9-10,15H,8H2,1-3H3. The van der Waals surface area contributed by atoms with E-state index in [9.17, 15) is 0 Å². The molecule has 1 unspecified atom stereocenters. The highest BCUT2D eigenvalue weighted by Gasteiger charge is 2.12. The first-order valence-corrected chi connectivity index (χ1v) is 7.47. The SMILES string of the molecule is COc1ccc(CC(Cl)c2cc(C)cc(Cl)c2)cc1OC. The fourth-order valence-corrected chi connectivity index (χ4v) is 2.88. The highest BCUT2D eigenvalue weighted by Crippen LogP contribution is 2.32. The summed E-state index contributed by atoms with van der Waals surface area (Å²) in [5, 5.41) is 0.573. The topological polar surface area (TPSA) is 18.5 Å². The Morgan fingerprint density at radius 1 is 1.00 bits per heavy atom. The number of aryl methyl sites for hydroxylation is 1. The van der Waals surface area contributed by atoms with Crippen LogP contribution in [0.1, 0.15) is 22.1 Å². The van der Waals surface area contributed by atoms with Gasteiger partial charge in [0.05, 0.1) is 19.6 Å². The number of rotatable bonds is 5. The minimum Gasteiger partial charge on any atom is -0.493 e. The molecule has 0 aliphatic heterocycles. The molecule has 112 valence electrons. The number of methoxy groups -OCH3 is 2. The van der Waals surface area contributed by atoms with E-state index in [1.807, 2.05) is 37.3 Å². The van der Waals surface area contributed by atoms with Crippen LogP contribution in [-0.4, -0.2) is 14.2 Å². The Labute approximate surface area is 135 Å². The number of halogens is 2. The fourth-order valence-electron chi connectivity index (χ4n) is 2.28. The molecule has 2 nitrogen and oxygen atoms in total. The number of ether oxygens (including phenoxy) is 2. The van der Waals surface area contributed by atoms with E-state index in [1.54, 1.807) is 14.2 Å². The molecule has 0 spiro atoms. The van der Waals surface area contributed by atoms with Gasteiger partial charge < -0.3 is 9.47 Å². The van der Waals surface area contributed by atoms with Gasteiger partial charge in [-0.25, -0.2) is 0 Å². The fraction of sp³-hybridized carbons (Fsp3) is 0.294. The second-order valence-corrected chi connectivity index (χ2v) is 5.89. The summed E-state index contributed by atoms with van der Waals surface area (Å²) in [6.07, 6.45) is 0.696. The Balaban J connectivity index is 2.20. The maximum atomic E-state index is 6.52. The van der Waals surface area contributed by atoms with Crippen LogP contribution in [0.25, 0.3) is 0 Å². The Kier molecular flexibility index (Phi) is 5.38. The molecule has 1 atom stereocenters. The Morgan fingerprint density at radius 3 is 2.33 bits per heavy atom. The molecule has 0 N–H and O–H groups in total. The molecule has 21 heavy (non-hydrogen) atoms. The van der Waals surface area contributed by atoms with Gasteiger partial charge in [-0.05, 0) is 54.3 Å². The van der Waals surface area contributed by atoms with E-state index in [0.29, 0.717) is 22.9 Å². The lowest BCUT2D eigenvalue weighted by Gasteiger charge is -2.13. The van der Waals surface area contributed by atoms with Crippen molar-refractivity contribution in [3.8, 4) is 11.5 Å². The van der Waals surface area contributed by atoms with E-state index < -0.39 is 0 Å². The summed E-state index contributed by atoms with van der Waals surface area (Å²) < 4.78 is 10.6. The zero-order chi connectivity index (χ0) is 15.4.